The first-order valence-electron chi connectivity index (χ1n) is 7.38. The molecule has 150 valence electrons. The zero-order valence-electron chi connectivity index (χ0n) is 13.8. The summed E-state index contributed by atoms with van der Waals surface area (Å²) < 4.78 is 79.5. The summed E-state index contributed by atoms with van der Waals surface area (Å²) in [5, 5.41) is 2.93. The molecule has 5 nitrogen and oxygen atoms in total. The van der Waals surface area contributed by atoms with Crippen molar-refractivity contribution >= 4 is 33.5 Å². The number of hydrogen-bond acceptors (Lipinski definition) is 4. The van der Waals surface area contributed by atoms with Crippen molar-refractivity contribution in [3.63, 3.8) is 0 Å². The second kappa shape index (κ2) is 6.62. The number of hydrogen-bond donors (Lipinski definition) is 0. The summed E-state index contributed by atoms with van der Waals surface area (Å²) >= 11 is 5.96. The first-order valence-corrected chi connectivity index (χ1v) is 8.57. The number of alkyl halides is 6. The Morgan fingerprint density at radius 2 is 1.86 bits per heavy atom. The van der Waals surface area contributed by atoms with Crippen LogP contribution in [0, 0.1) is 0 Å². The van der Waals surface area contributed by atoms with Gasteiger partial charge in [-0.15, -0.1) is 0 Å². The average Bonchev–Trinajstić information content (AvgIpc) is 3.08. The van der Waals surface area contributed by atoms with Crippen molar-refractivity contribution in [2.45, 2.75) is 25.8 Å². The summed E-state index contributed by atoms with van der Waals surface area (Å²) in [4.78, 5) is 15.0. The summed E-state index contributed by atoms with van der Waals surface area (Å²) in [5.74, 6) is 0. The second-order valence-electron chi connectivity index (χ2n) is 5.77. The molecule has 0 spiro atoms. The minimum atomic E-state index is -4.73. The average molecular weight is 443 g/mol. The second-order valence-corrected chi connectivity index (χ2v) is 7.13. The standard InChI is InChI=1S/C15H9ClF6N4OS/c1-6(2)11-12(15(20,21)22)28-13-23-7(3-10(27)26(11)13)5-25-9(16)4-8(24-25)14(17,18)19/h3-4H,1,5H2,2H3. The summed E-state index contributed by atoms with van der Waals surface area (Å²) in [6.45, 7) is 4.36. The number of thiazole rings is 1. The maximum atomic E-state index is 13.3. The van der Waals surface area contributed by atoms with Gasteiger partial charge in [-0.05, 0) is 12.5 Å². The molecule has 0 fully saturated rings. The van der Waals surface area contributed by atoms with Crippen molar-refractivity contribution < 1.29 is 26.3 Å². The van der Waals surface area contributed by atoms with Crippen LogP contribution in [0.5, 0.6) is 0 Å². The van der Waals surface area contributed by atoms with Crippen LogP contribution in [0.1, 0.15) is 28.9 Å². The Labute approximate surface area is 161 Å². The number of allylic oxidation sites excluding steroid dienone is 1. The molecule has 0 radical (unpaired) electrons. The number of halogens is 7. The Morgan fingerprint density at radius 1 is 1.21 bits per heavy atom. The Morgan fingerprint density at radius 3 is 2.36 bits per heavy atom. The molecular formula is C15H9ClF6N4OS. The Kier molecular flexibility index (Phi) is 4.82. The van der Waals surface area contributed by atoms with E-state index in [1.165, 1.54) is 6.92 Å². The molecular weight excluding hydrogens is 434 g/mol. The predicted octanol–water partition coefficient (Wildman–Crippen LogP) is 4.72. The molecule has 0 aliphatic rings. The first kappa shape index (κ1) is 20.4. The molecule has 3 aromatic heterocycles. The van der Waals surface area contributed by atoms with Gasteiger partial charge in [0.05, 0.1) is 17.9 Å². The van der Waals surface area contributed by atoms with E-state index in [1.807, 2.05) is 0 Å². The van der Waals surface area contributed by atoms with Crippen molar-refractivity contribution in [2.24, 2.45) is 0 Å². The van der Waals surface area contributed by atoms with E-state index in [0.29, 0.717) is 6.07 Å². The number of fused-ring (bicyclic) bond motifs is 1. The van der Waals surface area contributed by atoms with Crippen molar-refractivity contribution in [3.05, 3.63) is 56.2 Å². The molecule has 13 heteroatoms. The fourth-order valence-electron chi connectivity index (χ4n) is 2.48. The van der Waals surface area contributed by atoms with E-state index in [1.54, 1.807) is 0 Å². The fourth-order valence-corrected chi connectivity index (χ4v) is 3.77. The molecule has 0 bridgehead atoms. The SMILES string of the molecule is C=C(C)c1c(C(F)(F)F)sc2nc(Cn3nc(C(F)(F)F)cc3Cl)cc(=O)n12. The van der Waals surface area contributed by atoms with Crippen LogP contribution in [0.15, 0.2) is 23.5 Å². The summed E-state index contributed by atoms with van der Waals surface area (Å²) in [5.41, 5.74) is -2.56. The summed E-state index contributed by atoms with van der Waals surface area (Å²) in [6, 6.07) is 1.51. The highest BCUT2D eigenvalue weighted by Crippen LogP contribution is 2.39. The third kappa shape index (κ3) is 3.65. The monoisotopic (exact) mass is 442 g/mol. The summed E-state index contributed by atoms with van der Waals surface area (Å²) in [6.07, 6.45) is -9.45. The summed E-state index contributed by atoms with van der Waals surface area (Å²) in [7, 11) is 0. The lowest BCUT2D eigenvalue weighted by Crippen LogP contribution is -2.18. The molecule has 0 saturated heterocycles. The van der Waals surface area contributed by atoms with Crippen LogP contribution in [-0.2, 0) is 18.9 Å². The molecule has 0 N–H and O–H groups in total. The van der Waals surface area contributed by atoms with Gasteiger partial charge in [0.1, 0.15) is 10.0 Å². The van der Waals surface area contributed by atoms with E-state index >= 15 is 0 Å². The molecule has 0 atom stereocenters. The highest BCUT2D eigenvalue weighted by atomic mass is 35.5. The molecule has 3 rings (SSSR count). The normalized spacial score (nSPS) is 12.7. The van der Waals surface area contributed by atoms with E-state index in [2.05, 4.69) is 16.7 Å². The molecule has 28 heavy (non-hydrogen) atoms. The molecule has 0 saturated carbocycles. The third-order valence-corrected chi connectivity index (χ3v) is 4.96. The van der Waals surface area contributed by atoms with Crippen molar-refractivity contribution in [1.82, 2.24) is 19.2 Å². The van der Waals surface area contributed by atoms with Crippen LogP contribution >= 0.6 is 22.9 Å². The van der Waals surface area contributed by atoms with Crippen LogP contribution in [0.4, 0.5) is 26.3 Å². The van der Waals surface area contributed by atoms with Crippen LogP contribution in [-0.4, -0.2) is 19.2 Å². The molecule has 0 aliphatic heterocycles. The lowest BCUT2D eigenvalue weighted by Gasteiger charge is -2.07. The maximum absolute atomic E-state index is 13.3. The van der Waals surface area contributed by atoms with E-state index in [0.717, 1.165) is 15.1 Å². The van der Waals surface area contributed by atoms with Gasteiger partial charge in [0.25, 0.3) is 5.56 Å². The van der Waals surface area contributed by atoms with Crippen LogP contribution < -0.4 is 5.56 Å². The molecule has 0 unspecified atom stereocenters. The zero-order chi connectivity index (χ0) is 21.0. The minimum Gasteiger partial charge on any atom is -0.269 e. The number of aromatic nitrogens is 4. The first-order chi connectivity index (χ1) is 12.8. The highest BCUT2D eigenvalue weighted by Gasteiger charge is 2.38. The zero-order valence-corrected chi connectivity index (χ0v) is 15.4. The Balaban J connectivity index is 2.12. The predicted molar refractivity (Wildman–Crippen MR) is 90.4 cm³/mol. The van der Waals surface area contributed by atoms with Gasteiger partial charge in [-0.2, -0.15) is 31.4 Å². The molecule has 0 amide bonds. The largest absolute Gasteiger partial charge is 0.435 e. The minimum absolute atomic E-state index is 0.0140. The quantitative estimate of drug-likeness (QED) is 0.551. The van der Waals surface area contributed by atoms with Gasteiger partial charge in [0.2, 0.25) is 0 Å². The van der Waals surface area contributed by atoms with Crippen LogP contribution in [0.2, 0.25) is 5.15 Å². The van der Waals surface area contributed by atoms with Gasteiger partial charge < -0.3 is 0 Å². The van der Waals surface area contributed by atoms with Gasteiger partial charge in [0, 0.05) is 12.1 Å². The highest BCUT2D eigenvalue weighted by molar-refractivity contribution is 7.17. The van der Waals surface area contributed by atoms with E-state index < -0.39 is 40.7 Å². The van der Waals surface area contributed by atoms with Crippen LogP contribution in [0.3, 0.4) is 0 Å². The third-order valence-electron chi connectivity index (χ3n) is 3.57. The van der Waals surface area contributed by atoms with E-state index in [4.69, 9.17) is 11.6 Å². The lowest BCUT2D eigenvalue weighted by atomic mass is 10.2. The van der Waals surface area contributed by atoms with Crippen molar-refractivity contribution in [2.75, 3.05) is 0 Å². The molecule has 0 aromatic carbocycles. The van der Waals surface area contributed by atoms with Gasteiger partial charge in [-0.25, -0.2) is 9.67 Å². The van der Waals surface area contributed by atoms with Crippen LogP contribution in [0.25, 0.3) is 10.5 Å². The molecule has 3 aromatic rings. The number of rotatable bonds is 3. The Hall–Kier alpha value is -2.34. The topological polar surface area (TPSA) is 52.2 Å². The van der Waals surface area contributed by atoms with Gasteiger partial charge >= 0.3 is 12.4 Å². The smallest absolute Gasteiger partial charge is 0.269 e. The molecule has 3 heterocycles. The van der Waals surface area contributed by atoms with Crippen molar-refractivity contribution in [1.29, 1.82) is 0 Å². The van der Waals surface area contributed by atoms with Gasteiger partial charge in [-0.3, -0.25) is 9.20 Å². The maximum Gasteiger partial charge on any atom is 0.435 e. The van der Waals surface area contributed by atoms with Gasteiger partial charge in [-0.1, -0.05) is 29.5 Å². The van der Waals surface area contributed by atoms with E-state index in [-0.39, 0.29) is 32.7 Å². The van der Waals surface area contributed by atoms with Crippen molar-refractivity contribution in [3.8, 4) is 0 Å². The number of nitrogens with zero attached hydrogens (tertiary/aromatic N) is 4. The van der Waals surface area contributed by atoms with E-state index in [9.17, 15) is 31.1 Å². The fraction of sp³-hybridized carbons (Fsp3) is 0.267. The lowest BCUT2D eigenvalue weighted by molar-refractivity contribution is -0.141. The molecule has 0 aliphatic carbocycles. The van der Waals surface area contributed by atoms with Gasteiger partial charge in [0.15, 0.2) is 10.7 Å². The Bertz CT molecular complexity index is 1140.